The normalized spacial score (nSPS) is 18.4. The fraction of sp³-hybridized carbons (Fsp3) is 0.357. The van der Waals surface area contributed by atoms with E-state index in [1.165, 1.54) is 38.1 Å². The standard InChI is InChI=1S/C14H13FO5/c1-14(2)19-12(17)11(13(18)20-14)10(16)7-8-3-5-9(15)6-4-8/h3-6,11H,7H2,1-2H3. The van der Waals surface area contributed by atoms with Gasteiger partial charge in [0.25, 0.3) is 5.79 Å². The number of halogens is 1. The van der Waals surface area contributed by atoms with Gasteiger partial charge in [-0.1, -0.05) is 12.1 Å². The van der Waals surface area contributed by atoms with Gasteiger partial charge in [-0.15, -0.1) is 0 Å². The number of carbonyl (C=O) groups excluding carboxylic acids is 3. The van der Waals surface area contributed by atoms with E-state index >= 15 is 0 Å². The highest BCUT2D eigenvalue weighted by atomic mass is 19.1. The Hall–Kier alpha value is -2.24. The molecule has 1 aromatic rings. The number of rotatable bonds is 3. The summed E-state index contributed by atoms with van der Waals surface area (Å²) in [6.45, 7) is 2.81. The molecule has 5 nitrogen and oxygen atoms in total. The van der Waals surface area contributed by atoms with E-state index in [-0.39, 0.29) is 6.42 Å². The van der Waals surface area contributed by atoms with E-state index in [1.54, 1.807) is 0 Å². The first-order valence-corrected chi connectivity index (χ1v) is 6.01. The first-order valence-electron chi connectivity index (χ1n) is 6.01. The Kier molecular flexibility index (Phi) is 3.57. The van der Waals surface area contributed by atoms with Gasteiger partial charge in [0.2, 0.25) is 5.92 Å². The fourth-order valence-corrected chi connectivity index (χ4v) is 1.89. The maximum Gasteiger partial charge on any atom is 0.331 e. The SMILES string of the molecule is CC1(C)OC(=O)C(C(=O)Cc2ccc(F)cc2)C(=O)O1. The molecule has 0 amide bonds. The second kappa shape index (κ2) is 5.03. The molecule has 0 aliphatic carbocycles. The van der Waals surface area contributed by atoms with E-state index in [9.17, 15) is 18.8 Å². The molecule has 20 heavy (non-hydrogen) atoms. The number of hydrogen-bond donors (Lipinski definition) is 0. The lowest BCUT2D eigenvalue weighted by Crippen LogP contribution is -2.49. The molecule has 1 aliphatic heterocycles. The first-order chi connectivity index (χ1) is 9.28. The molecule has 1 saturated heterocycles. The van der Waals surface area contributed by atoms with Gasteiger partial charge in [-0.2, -0.15) is 0 Å². The number of ether oxygens (including phenoxy) is 2. The molecule has 1 aromatic carbocycles. The van der Waals surface area contributed by atoms with Crippen molar-refractivity contribution in [3.63, 3.8) is 0 Å². The highest BCUT2D eigenvalue weighted by molar-refractivity contribution is 6.16. The van der Waals surface area contributed by atoms with Crippen LogP contribution >= 0.6 is 0 Å². The summed E-state index contributed by atoms with van der Waals surface area (Å²) in [5.74, 6) is -5.84. The number of esters is 2. The van der Waals surface area contributed by atoms with Crippen molar-refractivity contribution in [2.24, 2.45) is 5.92 Å². The molecular weight excluding hydrogens is 267 g/mol. The maximum absolute atomic E-state index is 12.8. The quantitative estimate of drug-likeness (QED) is 0.618. The van der Waals surface area contributed by atoms with E-state index in [4.69, 9.17) is 9.47 Å². The lowest BCUT2D eigenvalue weighted by molar-refractivity contribution is -0.238. The van der Waals surface area contributed by atoms with Crippen LogP contribution in [-0.2, 0) is 30.3 Å². The molecule has 0 N–H and O–H groups in total. The summed E-state index contributed by atoms with van der Waals surface area (Å²) in [7, 11) is 0. The molecule has 1 heterocycles. The van der Waals surface area contributed by atoms with Gasteiger partial charge in [-0.25, -0.2) is 4.39 Å². The monoisotopic (exact) mass is 280 g/mol. The predicted octanol–water partition coefficient (Wildman–Crippen LogP) is 1.39. The number of benzene rings is 1. The van der Waals surface area contributed by atoms with E-state index in [0.29, 0.717) is 5.56 Å². The molecule has 1 fully saturated rings. The summed E-state index contributed by atoms with van der Waals surface area (Å²) in [4.78, 5) is 35.4. The lowest BCUT2D eigenvalue weighted by atomic mass is 9.97. The Morgan fingerprint density at radius 1 is 1.15 bits per heavy atom. The van der Waals surface area contributed by atoms with Crippen LogP contribution in [0.4, 0.5) is 4.39 Å². The maximum atomic E-state index is 12.8. The number of ketones is 1. The van der Waals surface area contributed by atoms with Crippen LogP contribution in [0, 0.1) is 11.7 Å². The van der Waals surface area contributed by atoms with E-state index < -0.39 is 35.2 Å². The molecular formula is C14H13FO5. The Morgan fingerprint density at radius 3 is 2.15 bits per heavy atom. The summed E-state index contributed by atoms with van der Waals surface area (Å²) < 4.78 is 22.5. The Morgan fingerprint density at radius 2 is 1.65 bits per heavy atom. The van der Waals surface area contributed by atoms with Crippen LogP contribution in [-0.4, -0.2) is 23.5 Å². The van der Waals surface area contributed by atoms with E-state index in [1.807, 2.05) is 0 Å². The lowest BCUT2D eigenvalue weighted by Gasteiger charge is -2.32. The summed E-state index contributed by atoms with van der Waals surface area (Å²) in [5.41, 5.74) is 0.502. The van der Waals surface area contributed by atoms with Crippen molar-refractivity contribution >= 4 is 17.7 Å². The molecule has 0 spiro atoms. The van der Waals surface area contributed by atoms with E-state index in [2.05, 4.69) is 0 Å². The van der Waals surface area contributed by atoms with Crippen LogP contribution in [0.25, 0.3) is 0 Å². The largest absolute Gasteiger partial charge is 0.422 e. The van der Waals surface area contributed by atoms with Crippen molar-refractivity contribution < 1.29 is 28.2 Å². The summed E-state index contributed by atoms with van der Waals surface area (Å²) in [5, 5.41) is 0. The molecule has 0 aromatic heterocycles. The highest BCUT2D eigenvalue weighted by Crippen LogP contribution is 2.24. The molecule has 6 heteroatoms. The zero-order valence-electron chi connectivity index (χ0n) is 11.0. The molecule has 2 rings (SSSR count). The van der Waals surface area contributed by atoms with Crippen molar-refractivity contribution in [1.29, 1.82) is 0 Å². The van der Waals surface area contributed by atoms with Crippen molar-refractivity contribution in [3.05, 3.63) is 35.6 Å². The summed E-state index contributed by atoms with van der Waals surface area (Å²) in [6, 6.07) is 5.22. The van der Waals surface area contributed by atoms with Crippen molar-refractivity contribution in [3.8, 4) is 0 Å². The van der Waals surface area contributed by atoms with Crippen LogP contribution < -0.4 is 0 Å². The van der Waals surface area contributed by atoms with Crippen LogP contribution in [0.3, 0.4) is 0 Å². The van der Waals surface area contributed by atoms with Gasteiger partial charge in [0.1, 0.15) is 5.82 Å². The first kappa shape index (κ1) is 14.2. The smallest absolute Gasteiger partial charge is 0.331 e. The average molecular weight is 280 g/mol. The van der Waals surface area contributed by atoms with Crippen LogP contribution in [0.15, 0.2) is 24.3 Å². The van der Waals surface area contributed by atoms with Crippen LogP contribution in [0.2, 0.25) is 0 Å². The average Bonchev–Trinajstić information content (AvgIpc) is 2.29. The van der Waals surface area contributed by atoms with Gasteiger partial charge in [-0.05, 0) is 17.7 Å². The minimum absolute atomic E-state index is 0.171. The van der Waals surface area contributed by atoms with Gasteiger partial charge in [0.05, 0.1) is 0 Å². The number of cyclic esters (lactones) is 2. The van der Waals surface area contributed by atoms with Gasteiger partial charge in [0, 0.05) is 20.3 Å². The minimum atomic E-state index is -1.58. The molecule has 0 bridgehead atoms. The van der Waals surface area contributed by atoms with Crippen molar-refractivity contribution in [1.82, 2.24) is 0 Å². The predicted molar refractivity (Wildman–Crippen MR) is 64.9 cm³/mol. The van der Waals surface area contributed by atoms with Gasteiger partial charge >= 0.3 is 11.9 Å². The minimum Gasteiger partial charge on any atom is -0.422 e. The Labute approximate surface area is 114 Å². The second-order valence-electron chi connectivity index (χ2n) is 4.94. The van der Waals surface area contributed by atoms with Gasteiger partial charge in [0.15, 0.2) is 5.78 Å². The van der Waals surface area contributed by atoms with Gasteiger partial charge < -0.3 is 9.47 Å². The third-order valence-corrected chi connectivity index (χ3v) is 2.78. The zero-order valence-corrected chi connectivity index (χ0v) is 11.0. The molecule has 0 saturated carbocycles. The molecule has 0 unspecified atom stereocenters. The fourth-order valence-electron chi connectivity index (χ4n) is 1.89. The summed E-state index contributed by atoms with van der Waals surface area (Å²) in [6.07, 6.45) is -0.171. The third kappa shape index (κ3) is 3.01. The van der Waals surface area contributed by atoms with E-state index in [0.717, 1.165) is 0 Å². The Balaban J connectivity index is 2.11. The van der Waals surface area contributed by atoms with Crippen molar-refractivity contribution in [2.75, 3.05) is 0 Å². The molecule has 0 radical (unpaired) electrons. The zero-order chi connectivity index (χ0) is 14.9. The van der Waals surface area contributed by atoms with Crippen molar-refractivity contribution in [2.45, 2.75) is 26.1 Å². The summed E-state index contributed by atoms with van der Waals surface area (Å²) >= 11 is 0. The van der Waals surface area contributed by atoms with Crippen LogP contribution in [0.1, 0.15) is 19.4 Å². The number of hydrogen-bond acceptors (Lipinski definition) is 5. The third-order valence-electron chi connectivity index (χ3n) is 2.78. The number of Topliss-reactive ketones (excluding diaryl/α,β-unsaturated/α-hetero) is 1. The number of carbonyl (C=O) groups is 3. The second-order valence-corrected chi connectivity index (χ2v) is 4.94. The molecule has 106 valence electrons. The highest BCUT2D eigenvalue weighted by Gasteiger charge is 2.46. The van der Waals surface area contributed by atoms with Crippen LogP contribution in [0.5, 0.6) is 0 Å². The molecule has 1 aliphatic rings. The molecule has 0 atom stereocenters. The van der Waals surface area contributed by atoms with Gasteiger partial charge in [-0.3, -0.25) is 14.4 Å². The topological polar surface area (TPSA) is 69.7 Å². The Bertz CT molecular complexity index is 541.